The highest BCUT2D eigenvalue weighted by molar-refractivity contribution is 7.93. The molecule has 3 rings (SSSR count). The molecule has 0 N–H and O–H groups in total. The first-order valence-corrected chi connectivity index (χ1v) is 10.1. The standard InChI is InChI=1S/C18H22N2O6S/c1-26-17-5-3-2-4-15(17)19-8-10-20(11-9-19)27(24,25)13-6-7-16(21)14(12-13)18(22)23/h2-6,14H,7-12H2,1H3,(H,22,23)/p-1/t14-/m0/s1. The molecular formula is C18H21N2O6S-. The van der Waals surface area contributed by atoms with Crippen LogP contribution in [0.4, 0.5) is 5.69 Å². The summed E-state index contributed by atoms with van der Waals surface area (Å²) in [6, 6.07) is 7.53. The molecule has 9 heteroatoms. The van der Waals surface area contributed by atoms with Gasteiger partial charge in [-0.1, -0.05) is 18.2 Å². The largest absolute Gasteiger partial charge is 0.549 e. The molecule has 1 aromatic rings. The first-order chi connectivity index (χ1) is 12.8. The Hall–Kier alpha value is -2.39. The van der Waals surface area contributed by atoms with Crippen LogP contribution in [0.15, 0.2) is 35.2 Å². The lowest BCUT2D eigenvalue weighted by atomic mass is 9.93. The second kappa shape index (κ2) is 7.69. The molecule has 0 radical (unpaired) electrons. The van der Waals surface area contributed by atoms with E-state index < -0.39 is 27.7 Å². The molecule has 1 aliphatic heterocycles. The molecule has 0 aromatic heterocycles. The van der Waals surface area contributed by atoms with Crippen LogP contribution in [-0.2, 0) is 19.6 Å². The molecule has 0 spiro atoms. The Balaban J connectivity index is 1.72. The van der Waals surface area contributed by atoms with E-state index in [1.807, 2.05) is 29.2 Å². The number of rotatable bonds is 5. The molecular weight excluding hydrogens is 372 g/mol. The maximum Gasteiger partial charge on any atom is 0.239 e. The number of carbonyl (C=O) groups excluding carboxylic acids is 2. The summed E-state index contributed by atoms with van der Waals surface area (Å²) in [6.07, 6.45) is 0.786. The van der Waals surface area contributed by atoms with E-state index in [-0.39, 0.29) is 30.8 Å². The number of hydrogen-bond donors (Lipinski definition) is 0. The fourth-order valence-corrected chi connectivity index (χ4v) is 5.05. The summed E-state index contributed by atoms with van der Waals surface area (Å²) >= 11 is 0. The quantitative estimate of drug-likeness (QED) is 0.636. The molecule has 0 bridgehead atoms. The second-order valence-electron chi connectivity index (χ2n) is 6.48. The third-order valence-corrected chi connectivity index (χ3v) is 6.99. The van der Waals surface area contributed by atoms with Gasteiger partial charge in [-0.2, -0.15) is 4.31 Å². The van der Waals surface area contributed by atoms with E-state index in [9.17, 15) is 23.1 Å². The van der Waals surface area contributed by atoms with Crippen molar-refractivity contribution in [2.45, 2.75) is 12.8 Å². The van der Waals surface area contributed by atoms with Crippen molar-refractivity contribution < 1.29 is 27.9 Å². The highest BCUT2D eigenvalue weighted by Crippen LogP contribution is 2.31. The molecule has 146 valence electrons. The summed E-state index contributed by atoms with van der Waals surface area (Å²) in [5, 5.41) is 11.1. The average molecular weight is 393 g/mol. The Morgan fingerprint density at radius 1 is 1.19 bits per heavy atom. The number of hydrogen-bond acceptors (Lipinski definition) is 7. The number of allylic oxidation sites excluding steroid dienone is 2. The summed E-state index contributed by atoms with van der Waals surface area (Å²) in [6.45, 7) is 1.49. The molecule has 8 nitrogen and oxygen atoms in total. The summed E-state index contributed by atoms with van der Waals surface area (Å²) in [7, 11) is -2.22. The minimum atomic E-state index is -3.80. The highest BCUT2D eigenvalue weighted by Gasteiger charge is 2.35. The van der Waals surface area contributed by atoms with Gasteiger partial charge < -0.3 is 19.5 Å². The number of carbonyl (C=O) groups is 2. The van der Waals surface area contributed by atoms with E-state index in [1.165, 1.54) is 10.4 Å². The number of aliphatic carboxylic acids is 1. The van der Waals surface area contributed by atoms with E-state index in [0.717, 1.165) is 11.4 Å². The van der Waals surface area contributed by atoms with Crippen LogP contribution in [0, 0.1) is 5.92 Å². The van der Waals surface area contributed by atoms with Crippen molar-refractivity contribution >= 4 is 27.5 Å². The van der Waals surface area contributed by atoms with Crippen LogP contribution in [0.3, 0.4) is 0 Å². The SMILES string of the molecule is COc1ccccc1N1CCN(S(=O)(=O)C2=CCC(=O)[C@@H](C(=O)[O-])C2)CC1. The zero-order chi connectivity index (χ0) is 19.6. The lowest BCUT2D eigenvalue weighted by Crippen LogP contribution is -2.49. The summed E-state index contributed by atoms with van der Waals surface area (Å²) in [5.41, 5.74) is 0.900. The van der Waals surface area contributed by atoms with Crippen molar-refractivity contribution in [3.8, 4) is 5.75 Å². The molecule has 0 saturated carbocycles. The zero-order valence-electron chi connectivity index (χ0n) is 15.0. The Labute approximate surface area is 158 Å². The number of carboxylic acids is 1. The van der Waals surface area contributed by atoms with E-state index in [0.29, 0.717) is 13.1 Å². The third-order valence-electron chi connectivity index (χ3n) is 4.95. The maximum atomic E-state index is 12.9. The molecule has 2 aliphatic rings. The van der Waals surface area contributed by atoms with Gasteiger partial charge in [0.05, 0.1) is 29.6 Å². The Morgan fingerprint density at radius 3 is 2.48 bits per heavy atom. The Morgan fingerprint density at radius 2 is 1.85 bits per heavy atom. The third kappa shape index (κ3) is 3.84. The molecule has 1 heterocycles. The van der Waals surface area contributed by atoms with E-state index >= 15 is 0 Å². The lowest BCUT2D eigenvalue weighted by Gasteiger charge is -2.37. The number of carboxylic acid groups (broad SMARTS) is 1. The van der Waals surface area contributed by atoms with Crippen LogP contribution < -0.4 is 14.7 Å². The van der Waals surface area contributed by atoms with Crippen molar-refractivity contribution in [2.24, 2.45) is 5.92 Å². The number of para-hydroxylation sites is 2. The molecule has 0 unspecified atom stereocenters. The fraction of sp³-hybridized carbons (Fsp3) is 0.444. The monoisotopic (exact) mass is 393 g/mol. The van der Waals surface area contributed by atoms with Gasteiger partial charge in [0.1, 0.15) is 11.5 Å². The number of anilines is 1. The molecule has 1 saturated heterocycles. The topological polar surface area (TPSA) is 107 Å². The van der Waals surface area contributed by atoms with Gasteiger partial charge in [0.25, 0.3) is 0 Å². The van der Waals surface area contributed by atoms with Crippen LogP contribution in [-0.4, -0.2) is 57.8 Å². The summed E-state index contributed by atoms with van der Waals surface area (Å²) in [5.74, 6) is -2.72. The zero-order valence-corrected chi connectivity index (χ0v) is 15.8. The van der Waals surface area contributed by atoms with Crippen LogP contribution in [0.1, 0.15) is 12.8 Å². The summed E-state index contributed by atoms with van der Waals surface area (Å²) in [4.78, 5) is 24.8. The van der Waals surface area contributed by atoms with Gasteiger partial charge in [0.2, 0.25) is 10.0 Å². The maximum absolute atomic E-state index is 12.9. The Kier molecular flexibility index (Phi) is 5.52. The Bertz CT molecular complexity index is 872. The van der Waals surface area contributed by atoms with Gasteiger partial charge >= 0.3 is 0 Å². The van der Waals surface area contributed by atoms with Crippen molar-refractivity contribution in [2.75, 3.05) is 38.2 Å². The van der Waals surface area contributed by atoms with Crippen LogP contribution in [0.2, 0.25) is 0 Å². The van der Waals surface area contributed by atoms with Gasteiger partial charge in [-0.05, 0) is 18.6 Å². The van der Waals surface area contributed by atoms with Crippen molar-refractivity contribution in [3.63, 3.8) is 0 Å². The number of sulfonamides is 1. The van der Waals surface area contributed by atoms with Crippen molar-refractivity contribution in [1.29, 1.82) is 0 Å². The fourth-order valence-electron chi connectivity index (χ4n) is 3.41. The second-order valence-corrected chi connectivity index (χ2v) is 8.47. The number of methoxy groups -OCH3 is 1. The number of piperazine rings is 1. The van der Waals surface area contributed by atoms with Gasteiger partial charge in [-0.3, -0.25) is 4.79 Å². The molecule has 1 fully saturated rings. The van der Waals surface area contributed by atoms with Crippen molar-refractivity contribution in [3.05, 3.63) is 35.2 Å². The number of nitrogens with zero attached hydrogens (tertiary/aromatic N) is 2. The predicted octanol–water partition coefficient (Wildman–Crippen LogP) is -0.240. The van der Waals surface area contributed by atoms with E-state index in [4.69, 9.17) is 4.74 Å². The smallest absolute Gasteiger partial charge is 0.239 e. The molecule has 27 heavy (non-hydrogen) atoms. The highest BCUT2D eigenvalue weighted by atomic mass is 32.2. The number of ketones is 1. The first-order valence-electron chi connectivity index (χ1n) is 8.65. The van der Waals surface area contributed by atoms with Gasteiger partial charge in [0, 0.05) is 32.6 Å². The molecule has 1 atom stereocenters. The molecule has 1 aliphatic carbocycles. The van der Waals surface area contributed by atoms with Crippen LogP contribution >= 0.6 is 0 Å². The van der Waals surface area contributed by atoms with Gasteiger partial charge in [-0.25, -0.2) is 8.42 Å². The minimum absolute atomic E-state index is 0.0120. The van der Waals surface area contributed by atoms with Gasteiger partial charge in [-0.15, -0.1) is 0 Å². The lowest BCUT2D eigenvalue weighted by molar-refractivity contribution is -0.309. The number of ether oxygens (including phenoxy) is 1. The number of Topliss-reactive ketones (excluding diaryl/α,β-unsaturated/α-hetero) is 1. The predicted molar refractivity (Wildman–Crippen MR) is 96.5 cm³/mol. The summed E-state index contributed by atoms with van der Waals surface area (Å²) < 4.78 is 32.4. The van der Waals surface area contributed by atoms with Crippen molar-refractivity contribution in [1.82, 2.24) is 4.31 Å². The number of benzene rings is 1. The first kappa shape index (κ1) is 19.4. The normalized spacial score (nSPS) is 21.7. The van der Waals surface area contributed by atoms with E-state index in [2.05, 4.69) is 0 Å². The van der Waals surface area contributed by atoms with E-state index in [1.54, 1.807) is 7.11 Å². The molecule has 1 aromatic carbocycles. The molecule has 0 amide bonds. The average Bonchev–Trinajstić information content (AvgIpc) is 2.68. The van der Waals surface area contributed by atoms with Gasteiger partial charge in [0.15, 0.2) is 0 Å². The van der Waals surface area contributed by atoms with Crippen LogP contribution in [0.25, 0.3) is 0 Å². The minimum Gasteiger partial charge on any atom is -0.549 e. The van der Waals surface area contributed by atoms with Crippen LogP contribution in [0.5, 0.6) is 5.75 Å².